The molecule has 2 N–H and O–H groups in total. The molecule has 0 rings (SSSR count). The molecule has 0 radical (unpaired) electrons. The van der Waals surface area contributed by atoms with Crippen molar-refractivity contribution in [2.45, 2.75) is 0 Å². The van der Waals surface area contributed by atoms with Crippen LogP contribution in [0.3, 0.4) is 0 Å². The van der Waals surface area contributed by atoms with Gasteiger partial charge in [0.25, 0.3) is 0 Å². The van der Waals surface area contributed by atoms with Crippen molar-refractivity contribution in [1.82, 2.24) is 0 Å². The van der Waals surface area contributed by atoms with Crippen LogP contribution >= 0.6 is 0 Å². The van der Waals surface area contributed by atoms with Gasteiger partial charge in [0.15, 0.2) is 0 Å². The summed E-state index contributed by atoms with van der Waals surface area (Å²) in [6.07, 6.45) is 0. The summed E-state index contributed by atoms with van der Waals surface area (Å²) in [5, 5.41) is 0. The molecular weight excluding hydrogens is 313 g/mol. The Bertz CT molecular complexity index is 237. The fraction of sp³-hybridized carbons (Fsp3) is 0. The quantitative estimate of drug-likeness (QED) is 0.434. The summed E-state index contributed by atoms with van der Waals surface area (Å²) in [6, 6.07) is 0. The van der Waals surface area contributed by atoms with E-state index in [-0.39, 0.29) is 48.9 Å². The number of hydrogen-bond acceptors (Lipinski definition) is 5. The van der Waals surface area contributed by atoms with Crippen molar-refractivity contribution in [1.29, 1.82) is 0 Å². The van der Waals surface area contributed by atoms with Gasteiger partial charge in [0.1, 0.15) is 0 Å². The maximum absolute atomic E-state index is 9.44. The van der Waals surface area contributed by atoms with Gasteiger partial charge in [-0.25, -0.2) is 0 Å². The molecule has 0 saturated carbocycles. The molecule has 0 aliphatic carbocycles. The topological polar surface area (TPSA) is 118 Å². The fourth-order valence-corrected chi connectivity index (χ4v) is 0.978. The van der Waals surface area contributed by atoms with E-state index in [2.05, 4.69) is 3.63 Å². The second-order valence-electron chi connectivity index (χ2n) is 0.924. The molecule has 0 heterocycles. The monoisotopic (exact) mass is 318 g/mol. The second kappa shape index (κ2) is 4.40. The van der Waals surface area contributed by atoms with E-state index >= 15 is 0 Å². The Hall–Kier alpha value is 1.35. The van der Waals surface area contributed by atoms with Crippen LogP contribution in [0.25, 0.3) is 0 Å². The molecule has 0 amide bonds. The molecule has 0 fully saturated rings. The zero-order valence-corrected chi connectivity index (χ0v) is 5.39. The molecule has 0 aromatic carbocycles. The normalized spacial score (nSPS) is 12.2. The Balaban J connectivity index is 0. The van der Waals surface area contributed by atoms with Crippen LogP contribution in [0, 0.1) is 0 Å². The van der Waals surface area contributed by atoms with Crippen LogP contribution in [-0.2, 0) is 24.4 Å². The Morgan fingerprint density at radius 3 is 1.10 bits per heavy atom. The Morgan fingerprint density at radius 2 is 1.10 bits per heavy atom. The first kappa shape index (κ1) is 13.9. The van der Waals surface area contributed by atoms with Crippen molar-refractivity contribution < 1.29 is 29.6 Å². The van der Waals surface area contributed by atoms with Crippen molar-refractivity contribution >= 4 is 69.7 Å². The van der Waals surface area contributed by atoms with Crippen molar-refractivity contribution in [2.75, 3.05) is 0 Å². The average Bonchev–Trinajstić information content (AvgIpc) is 1.14. The third-order valence-electron chi connectivity index (χ3n) is 0.172. The van der Waals surface area contributed by atoms with Gasteiger partial charge in [0, 0.05) is 0 Å². The average molecular weight is 317 g/mol. The first-order valence-corrected chi connectivity index (χ1v) is 4.10. The van der Waals surface area contributed by atoms with Gasteiger partial charge in [0.05, 0.1) is 0 Å². The van der Waals surface area contributed by atoms with Gasteiger partial charge in [-0.1, -0.05) is 0 Å². The molecule has 0 aliphatic rings. The number of rotatable bonds is 2. The molecule has 0 aliphatic heterocycles. The van der Waals surface area contributed by atoms with Crippen molar-refractivity contribution in [3.8, 4) is 0 Å². The van der Waals surface area contributed by atoms with Crippen molar-refractivity contribution in [3.63, 3.8) is 0 Å². The van der Waals surface area contributed by atoms with Crippen LogP contribution in [0.2, 0.25) is 0 Å². The zero-order valence-electron chi connectivity index (χ0n) is 3.75. The van der Waals surface area contributed by atoms with E-state index in [0.717, 1.165) is 0 Å². The Kier molecular flexibility index (Phi) is 6.11. The first-order valence-electron chi connectivity index (χ1n) is 1.37. The van der Waals surface area contributed by atoms with Gasteiger partial charge in [-0.3, -0.25) is 9.11 Å². The minimum atomic E-state index is -5.12. The molecule has 10 heteroatoms. The minimum absolute atomic E-state index is 0. The molecule has 0 unspecified atom stereocenters. The number of hydrogen-bond donors (Lipinski definition) is 2. The van der Waals surface area contributed by atoms with Gasteiger partial charge in [0.2, 0.25) is 0 Å². The Labute approximate surface area is 97.7 Å². The van der Waals surface area contributed by atoms with Gasteiger partial charge in [-0.15, -0.1) is 3.63 Å². The predicted molar refractivity (Wildman–Crippen MR) is 32.7 cm³/mol. The summed E-state index contributed by atoms with van der Waals surface area (Å²) in [5.41, 5.74) is 0. The third kappa shape index (κ3) is 12.1. The van der Waals surface area contributed by atoms with Crippen molar-refractivity contribution in [2.24, 2.45) is 0 Å². The molecule has 0 bridgehead atoms. The van der Waals surface area contributed by atoms with E-state index < -0.39 is 20.8 Å². The molecule has 10 heavy (non-hydrogen) atoms. The first-order chi connectivity index (χ1) is 3.71. The van der Waals surface area contributed by atoms with Crippen molar-refractivity contribution in [3.05, 3.63) is 0 Å². The van der Waals surface area contributed by atoms with Gasteiger partial charge < -0.3 is 0 Å². The van der Waals surface area contributed by atoms with Crippen LogP contribution in [0.1, 0.15) is 0 Å². The predicted octanol–water partition coefficient (Wildman–Crippen LogP) is -2.31. The van der Waals surface area contributed by atoms with Crippen LogP contribution in [-0.4, -0.2) is 74.8 Å². The van der Waals surface area contributed by atoms with E-state index in [1.54, 1.807) is 0 Å². The van der Waals surface area contributed by atoms with Crippen LogP contribution in [0.5, 0.6) is 0 Å². The molecule has 0 atom stereocenters. The summed E-state index contributed by atoms with van der Waals surface area (Å²) in [5.74, 6) is 0. The third-order valence-corrected chi connectivity index (χ3v) is 1.55. The summed E-state index contributed by atoms with van der Waals surface area (Å²) in [7, 11) is -10.2. The van der Waals surface area contributed by atoms with E-state index in [0.29, 0.717) is 0 Å². The van der Waals surface area contributed by atoms with E-state index in [9.17, 15) is 16.8 Å². The molecule has 0 spiro atoms. The molecule has 0 aromatic rings. The summed E-state index contributed by atoms with van der Waals surface area (Å²) >= 11 is 0. The van der Waals surface area contributed by atoms with Gasteiger partial charge in [-0.2, -0.15) is 16.8 Å². The van der Waals surface area contributed by atoms with Gasteiger partial charge in [-0.05, 0) is 0 Å². The molecule has 0 aromatic heterocycles. The summed E-state index contributed by atoms with van der Waals surface area (Å²) in [6.45, 7) is 0. The van der Waals surface area contributed by atoms with E-state index in [1.807, 2.05) is 0 Å². The van der Waals surface area contributed by atoms with Gasteiger partial charge >= 0.3 is 69.7 Å². The summed E-state index contributed by atoms with van der Waals surface area (Å²) in [4.78, 5) is 0. The standard InChI is InChI=1S/Ba.H2O7S2.2H/c;1-8(2,3)7-9(4,5)6;;/h;(H,1,2,3)(H,4,5,6);;. The molecular formula is H4BaO7S2. The maximum atomic E-state index is 9.44. The van der Waals surface area contributed by atoms with Crippen LogP contribution in [0.15, 0.2) is 0 Å². The van der Waals surface area contributed by atoms with Crippen LogP contribution < -0.4 is 0 Å². The summed E-state index contributed by atoms with van der Waals surface area (Å²) < 4.78 is 55.6. The van der Waals surface area contributed by atoms with E-state index in [4.69, 9.17) is 9.11 Å². The van der Waals surface area contributed by atoms with Crippen LogP contribution in [0.4, 0.5) is 0 Å². The fourth-order valence-electron chi connectivity index (χ4n) is 0.109. The molecule has 60 valence electrons. The SMILES string of the molecule is O=S(=O)(O)OS(=O)(=O)O.[BaH2]. The molecule has 7 nitrogen and oxygen atoms in total. The van der Waals surface area contributed by atoms with E-state index in [1.165, 1.54) is 0 Å². The Morgan fingerprint density at radius 1 is 0.900 bits per heavy atom. The second-order valence-corrected chi connectivity index (χ2v) is 3.18. The zero-order chi connectivity index (χ0) is 7.71. The molecule has 0 saturated heterocycles.